The van der Waals surface area contributed by atoms with Gasteiger partial charge in [-0.05, 0) is 24.6 Å². The minimum atomic E-state index is -0.565. The Morgan fingerprint density at radius 2 is 1.95 bits per heavy atom. The highest BCUT2D eigenvalue weighted by Crippen LogP contribution is 2.17. The van der Waals surface area contributed by atoms with Crippen LogP contribution in [0.25, 0.3) is 0 Å². The Labute approximate surface area is 124 Å². The smallest absolute Gasteiger partial charge is 0.312 e. The Morgan fingerprint density at radius 1 is 1.24 bits per heavy atom. The molecule has 0 bridgehead atoms. The summed E-state index contributed by atoms with van der Waals surface area (Å²) in [5.41, 5.74) is 7.68. The maximum absolute atomic E-state index is 12.0. The van der Waals surface area contributed by atoms with E-state index in [4.69, 9.17) is 5.73 Å². The van der Waals surface area contributed by atoms with Gasteiger partial charge in [-0.15, -0.1) is 0 Å². The molecular formula is C15H22N4O2. The van der Waals surface area contributed by atoms with E-state index in [0.29, 0.717) is 26.2 Å². The molecule has 1 aliphatic rings. The highest BCUT2D eigenvalue weighted by atomic mass is 16.2. The van der Waals surface area contributed by atoms with Crippen molar-refractivity contribution in [2.45, 2.75) is 6.92 Å². The van der Waals surface area contributed by atoms with Gasteiger partial charge in [0.25, 0.3) is 0 Å². The average molecular weight is 290 g/mol. The van der Waals surface area contributed by atoms with E-state index in [1.807, 2.05) is 6.07 Å². The maximum atomic E-state index is 12.0. The molecule has 0 radical (unpaired) electrons. The van der Waals surface area contributed by atoms with Crippen molar-refractivity contribution in [2.75, 3.05) is 44.2 Å². The quantitative estimate of drug-likeness (QED) is 0.750. The summed E-state index contributed by atoms with van der Waals surface area (Å²) in [7, 11) is 0. The largest absolute Gasteiger partial charge is 0.368 e. The first kappa shape index (κ1) is 15.3. The highest BCUT2D eigenvalue weighted by Gasteiger charge is 2.25. The lowest BCUT2D eigenvalue weighted by Gasteiger charge is -2.35. The number of piperazine rings is 1. The summed E-state index contributed by atoms with van der Waals surface area (Å²) in [5, 5.41) is 2.51. The molecule has 0 aromatic heterocycles. The molecule has 2 rings (SSSR count). The molecule has 3 N–H and O–H groups in total. The second kappa shape index (κ2) is 7.08. The maximum Gasteiger partial charge on any atom is 0.312 e. The van der Waals surface area contributed by atoms with Gasteiger partial charge in [-0.25, -0.2) is 0 Å². The number of carbonyl (C=O) groups is 2. The van der Waals surface area contributed by atoms with Gasteiger partial charge in [0.1, 0.15) is 0 Å². The van der Waals surface area contributed by atoms with Crippen LogP contribution in [0.5, 0.6) is 0 Å². The van der Waals surface area contributed by atoms with E-state index in [0.717, 1.165) is 18.8 Å². The van der Waals surface area contributed by atoms with Crippen molar-refractivity contribution in [3.8, 4) is 0 Å². The standard InChI is InChI=1S/C15H22N4O2/c1-12-3-2-4-13(11-12)18-7-9-19(10-8-18)15(21)14(20)17-6-5-16/h2-4,11H,5-10,16H2,1H3,(H,17,20). The number of amides is 2. The van der Waals surface area contributed by atoms with Gasteiger partial charge in [-0.2, -0.15) is 0 Å². The normalized spacial score (nSPS) is 15.0. The molecule has 0 atom stereocenters. The molecule has 2 amide bonds. The van der Waals surface area contributed by atoms with Gasteiger partial charge < -0.3 is 20.9 Å². The van der Waals surface area contributed by atoms with Gasteiger partial charge in [-0.1, -0.05) is 12.1 Å². The summed E-state index contributed by atoms with van der Waals surface area (Å²) < 4.78 is 0. The number of aryl methyl sites for hydroxylation is 1. The molecule has 1 aromatic carbocycles. The predicted octanol–water partition coefficient (Wildman–Crippen LogP) is -0.281. The number of benzene rings is 1. The van der Waals surface area contributed by atoms with E-state index < -0.39 is 11.8 Å². The minimum Gasteiger partial charge on any atom is -0.368 e. The van der Waals surface area contributed by atoms with Gasteiger partial charge in [0.2, 0.25) is 0 Å². The van der Waals surface area contributed by atoms with Crippen molar-refractivity contribution in [3.05, 3.63) is 29.8 Å². The molecule has 0 saturated carbocycles. The summed E-state index contributed by atoms with van der Waals surface area (Å²) in [6.45, 7) is 5.31. The molecule has 0 unspecified atom stereocenters. The Kier molecular flexibility index (Phi) is 5.16. The lowest BCUT2D eigenvalue weighted by atomic mass is 10.2. The van der Waals surface area contributed by atoms with Crippen LogP contribution in [-0.4, -0.2) is 56.0 Å². The molecule has 6 heteroatoms. The highest BCUT2D eigenvalue weighted by molar-refractivity contribution is 6.35. The lowest BCUT2D eigenvalue weighted by molar-refractivity contribution is -0.146. The van der Waals surface area contributed by atoms with Crippen molar-refractivity contribution < 1.29 is 9.59 Å². The van der Waals surface area contributed by atoms with E-state index >= 15 is 0 Å². The van der Waals surface area contributed by atoms with Crippen LogP contribution in [0.3, 0.4) is 0 Å². The lowest BCUT2D eigenvalue weighted by Crippen LogP contribution is -2.53. The molecule has 6 nitrogen and oxygen atoms in total. The fourth-order valence-corrected chi connectivity index (χ4v) is 2.40. The van der Waals surface area contributed by atoms with E-state index in [-0.39, 0.29) is 0 Å². The number of carbonyl (C=O) groups excluding carboxylic acids is 2. The second-order valence-electron chi connectivity index (χ2n) is 5.16. The number of hydrogen-bond acceptors (Lipinski definition) is 4. The molecule has 1 fully saturated rings. The Morgan fingerprint density at radius 3 is 2.57 bits per heavy atom. The number of anilines is 1. The van der Waals surface area contributed by atoms with Gasteiger partial charge in [-0.3, -0.25) is 9.59 Å². The van der Waals surface area contributed by atoms with Crippen LogP contribution < -0.4 is 16.0 Å². The van der Waals surface area contributed by atoms with Crippen molar-refractivity contribution in [1.82, 2.24) is 10.2 Å². The van der Waals surface area contributed by atoms with Crippen LogP contribution in [0.15, 0.2) is 24.3 Å². The third-order valence-electron chi connectivity index (χ3n) is 3.56. The van der Waals surface area contributed by atoms with E-state index in [1.165, 1.54) is 5.56 Å². The number of rotatable bonds is 3. The Hall–Kier alpha value is -2.08. The van der Waals surface area contributed by atoms with Crippen molar-refractivity contribution in [1.29, 1.82) is 0 Å². The van der Waals surface area contributed by atoms with Crippen LogP contribution in [0.2, 0.25) is 0 Å². The topological polar surface area (TPSA) is 78.7 Å². The van der Waals surface area contributed by atoms with Gasteiger partial charge in [0.15, 0.2) is 0 Å². The van der Waals surface area contributed by atoms with Gasteiger partial charge >= 0.3 is 11.8 Å². The number of nitrogens with one attached hydrogen (secondary N) is 1. The van der Waals surface area contributed by atoms with Crippen molar-refractivity contribution in [3.63, 3.8) is 0 Å². The Balaban J connectivity index is 1.88. The molecule has 1 saturated heterocycles. The first-order valence-electron chi connectivity index (χ1n) is 7.20. The van der Waals surface area contributed by atoms with Crippen molar-refractivity contribution in [2.24, 2.45) is 5.73 Å². The number of nitrogens with two attached hydrogens (primary N) is 1. The van der Waals surface area contributed by atoms with E-state index in [9.17, 15) is 9.59 Å². The SMILES string of the molecule is Cc1cccc(N2CCN(C(=O)C(=O)NCCN)CC2)c1. The Bertz CT molecular complexity index is 510. The monoisotopic (exact) mass is 290 g/mol. The summed E-state index contributed by atoms with van der Waals surface area (Å²) >= 11 is 0. The molecule has 114 valence electrons. The van der Waals surface area contributed by atoms with Crippen molar-refractivity contribution >= 4 is 17.5 Å². The first-order chi connectivity index (χ1) is 10.1. The molecule has 1 aliphatic heterocycles. The number of nitrogens with zero attached hydrogens (tertiary/aromatic N) is 2. The fourth-order valence-electron chi connectivity index (χ4n) is 2.40. The molecule has 1 aromatic rings. The summed E-state index contributed by atoms with van der Waals surface area (Å²) in [6, 6.07) is 8.29. The molecular weight excluding hydrogens is 268 g/mol. The minimum absolute atomic E-state index is 0.327. The molecule has 21 heavy (non-hydrogen) atoms. The summed E-state index contributed by atoms with van der Waals surface area (Å²) in [4.78, 5) is 27.4. The zero-order chi connectivity index (χ0) is 15.2. The fraction of sp³-hybridized carbons (Fsp3) is 0.467. The molecule has 0 aliphatic carbocycles. The zero-order valence-corrected chi connectivity index (χ0v) is 12.3. The van der Waals surface area contributed by atoms with E-state index in [2.05, 4.69) is 35.3 Å². The third-order valence-corrected chi connectivity index (χ3v) is 3.56. The second-order valence-corrected chi connectivity index (χ2v) is 5.16. The van der Waals surface area contributed by atoms with Crippen LogP contribution in [0, 0.1) is 6.92 Å². The van der Waals surface area contributed by atoms with Crippen LogP contribution >= 0.6 is 0 Å². The zero-order valence-electron chi connectivity index (χ0n) is 12.3. The third kappa shape index (κ3) is 3.95. The number of hydrogen-bond donors (Lipinski definition) is 2. The van der Waals surface area contributed by atoms with Crippen LogP contribution in [0.4, 0.5) is 5.69 Å². The van der Waals surface area contributed by atoms with Gasteiger partial charge in [0, 0.05) is 45.0 Å². The average Bonchev–Trinajstić information content (AvgIpc) is 2.52. The molecule has 1 heterocycles. The van der Waals surface area contributed by atoms with Gasteiger partial charge in [0.05, 0.1) is 0 Å². The van der Waals surface area contributed by atoms with Crippen LogP contribution in [-0.2, 0) is 9.59 Å². The molecule has 0 spiro atoms. The predicted molar refractivity (Wildman–Crippen MR) is 82.0 cm³/mol. The van der Waals surface area contributed by atoms with Crippen LogP contribution in [0.1, 0.15) is 5.56 Å². The van der Waals surface area contributed by atoms with E-state index in [1.54, 1.807) is 4.90 Å². The first-order valence-corrected chi connectivity index (χ1v) is 7.20. The summed E-state index contributed by atoms with van der Waals surface area (Å²) in [6.07, 6.45) is 0. The summed E-state index contributed by atoms with van der Waals surface area (Å²) in [5.74, 6) is -1.03.